The topological polar surface area (TPSA) is 94.4 Å². The van der Waals surface area contributed by atoms with Crippen molar-refractivity contribution in [2.75, 3.05) is 13.1 Å². The molecule has 0 bridgehead atoms. The van der Waals surface area contributed by atoms with E-state index in [1.807, 2.05) is 0 Å². The fourth-order valence-electron chi connectivity index (χ4n) is 4.19. The van der Waals surface area contributed by atoms with E-state index in [1.54, 1.807) is 47.4 Å². The molecule has 8 nitrogen and oxygen atoms in total. The molecule has 1 fully saturated rings. The number of benzene rings is 2. The molecule has 2 aromatic heterocycles. The molecule has 164 valence electrons. The Kier molecular flexibility index (Phi) is 5.30. The molecule has 1 atom stereocenters. The molecule has 3 heterocycles. The number of likely N-dealkylation sites (tertiary alicyclic amines) is 1. The molecule has 9 heteroatoms. The minimum Gasteiger partial charge on any atom is -0.408 e. The summed E-state index contributed by atoms with van der Waals surface area (Å²) in [6, 6.07) is 13.3. The Morgan fingerprint density at radius 2 is 1.97 bits per heavy atom. The molecular weight excluding hydrogens is 415 g/mol. The number of hydrogen-bond donors (Lipinski definition) is 0. The van der Waals surface area contributed by atoms with E-state index >= 15 is 0 Å². The molecule has 1 amide bonds. The van der Waals surface area contributed by atoms with Gasteiger partial charge >= 0.3 is 5.76 Å². The van der Waals surface area contributed by atoms with Crippen LogP contribution in [0.4, 0.5) is 4.39 Å². The molecular formula is C23H21FN4O4. The lowest BCUT2D eigenvalue weighted by Gasteiger charge is -2.32. The Balaban J connectivity index is 1.26. The number of fused-ring (bicyclic) bond motifs is 1. The SMILES string of the molecule is O=C(Cn1c(=O)oc2ccccc21)N1CCCC(Cc2nc(-c3ccccc3F)no2)C1. The van der Waals surface area contributed by atoms with Crippen molar-refractivity contribution in [3.63, 3.8) is 0 Å². The van der Waals surface area contributed by atoms with E-state index in [4.69, 9.17) is 8.94 Å². The van der Waals surface area contributed by atoms with Crippen LogP contribution >= 0.6 is 0 Å². The van der Waals surface area contributed by atoms with Gasteiger partial charge < -0.3 is 13.8 Å². The van der Waals surface area contributed by atoms with Crippen LogP contribution in [0, 0.1) is 11.7 Å². The Labute approximate surface area is 182 Å². The number of hydrogen-bond acceptors (Lipinski definition) is 6. The number of nitrogens with zero attached hydrogens (tertiary/aromatic N) is 4. The van der Waals surface area contributed by atoms with Gasteiger partial charge in [-0.1, -0.05) is 29.4 Å². The van der Waals surface area contributed by atoms with E-state index in [0.29, 0.717) is 42.1 Å². The van der Waals surface area contributed by atoms with Crippen LogP contribution in [-0.2, 0) is 17.8 Å². The van der Waals surface area contributed by atoms with Crippen molar-refractivity contribution in [1.82, 2.24) is 19.6 Å². The van der Waals surface area contributed by atoms with Gasteiger partial charge in [-0.3, -0.25) is 9.36 Å². The van der Waals surface area contributed by atoms with Gasteiger partial charge in [-0.25, -0.2) is 9.18 Å². The Hall–Kier alpha value is -3.75. The number of aromatic nitrogens is 3. The quantitative estimate of drug-likeness (QED) is 0.477. The van der Waals surface area contributed by atoms with E-state index in [0.717, 1.165) is 12.8 Å². The maximum atomic E-state index is 14.0. The molecule has 5 rings (SSSR count). The number of oxazole rings is 1. The summed E-state index contributed by atoms with van der Waals surface area (Å²) in [6.45, 7) is 1.09. The number of carbonyl (C=O) groups excluding carboxylic acids is 1. The zero-order chi connectivity index (χ0) is 22.1. The summed E-state index contributed by atoms with van der Waals surface area (Å²) in [4.78, 5) is 31.2. The molecule has 4 aromatic rings. The van der Waals surface area contributed by atoms with Crippen molar-refractivity contribution in [1.29, 1.82) is 0 Å². The first-order valence-corrected chi connectivity index (χ1v) is 10.5. The second-order valence-corrected chi connectivity index (χ2v) is 7.97. The number of rotatable bonds is 5. The molecule has 1 aliphatic heterocycles. The molecule has 0 aliphatic carbocycles. The summed E-state index contributed by atoms with van der Waals surface area (Å²) in [6.07, 6.45) is 2.25. The molecule has 0 saturated carbocycles. The second kappa shape index (κ2) is 8.41. The van der Waals surface area contributed by atoms with Gasteiger partial charge in [0.25, 0.3) is 0 Å². The van der Waals surface area contributed by atoms with Crippen LogP contribution in [-0.4, -0.2) is 38.6 Å². The summed E-state index contributed by atoms with van der Waals surface area (Å²) in [5.41, 5.74) is 1.36. The van der Waals surface area contributed by atoms with Gasteiger partial charge in [0.05, 0.1) is 11.1 Å². The summed E-state index contributed by atoms with van der Waals surface area (Å²) in [5.74, 6) is -0.316. The Morgan fingerprint density at radius 1 is 1.16 bits per heavy atom. The number of carbonyl (C=O) groups is 1. The van der Waals surface area contributed by atoms with Crippen LogP contribution in [0.2, 0.25) is 0 Å². The molecule has 1 saturated heterocycles. The van der Waals surface area contributed by atoms with Crippen molar-refractivity contribution in [2.24, 2.45) is 5.92 Å². The molecule has 0 N–H and O–H groups in total. The first kappa shape index (κ1) is 20.2. The lowest BCUT2D eigenvalue weighted by molar-refractivity contribution is -0.133. The van der Waals surface area contributed by atoms with Gasteiger partial charge in [0.15, 0.2) is 5.58 Å². The minimum atomic E-state index is -0.542. The third-order valence-corrected chi connectivity index (χ3v) is 5.78. The minimum absolute atomic E-state index is 0.0689. The highest BCUT2D eigenvalue weighted by Gasteiger charge is 2.26. The van der Waals surface area contributed by atoms with Crippen molar-refractivity contribution in [2.45, 2.75) is 25.8 Å². The van der Waals surface area contributed by atoms with Crippen LogP contribution in [0.3, 0.4) is 0 Å². The third-order valence-electron chi connectivity index (χ3n) is 5.78. The van der Waals surface area contributed by atoms with Gasteiger partial charge in [-0.2, -0.15) is 4.98 Å². The summed E-state index contributed by atoms with van der Waals surface area (Å²) in [5, 5.41) is 3.90. The maximum Gasteiger partial charge on any atom is 0.420 e. The van der Waals surface area contributed by atoms with E-state index < -0.39 is 11.6 Å². The van der Waals surface area contributed by atoms with E-state index in [1.165, 1.54) is 10.6 Å². The molecule has 1 aliphatic rings. The van der Waals surface area contributed by atoms with E-state index in [2.05, 4.69) is 10.1 Å². The average molecular weight is 436 g/mol. The van der Waals surface area contributed by atoms with Crippen molar-refractivity contribution in [3.8, 4) is 11.4 Å². The van der Waals surface area contributed by atoms with Gasteiger partial charge in [0.2, 0.25) is 17.6 Å². The highest BCUT2D eigenvalue weighted by Crippen LogP contribution is 2.24. The predicted molar refractivity (Wildman–Crippen MR) is 113 cm³/mol. The third kappa shape index (κ3) is 3.93. The van der Waals surface area contributed by atoms with Crippen LogP contribution in [0.25, 0.3) is 22.5 Å². The number of piperidine rings is 1. The maximum absolute atomic E-state index is 14.0. The second-order valence-electron chi connectivity index (χ2n) is 7.97. The first-order chi connectivity index (χ1) is 15.6. The highest BCUT2D eigenvalue weighted by atomic mass is 19.1. The van der Waals surface area contributed by atoms with Gasteiger partial charge in [-0.15, -0.1) is 0 Å². The van der Waals surface area contributed by atoms with Crippen molar-refractivity contribution in [3.05, 3.63) is 70.8 Å². The number of amides is 1. The van der Waals surface area contributed by atoms with Crippen molar-refractivity contribution >= 4 is 17.0 Å². The molecule has 2 aromatic carbocycles. The molecule has 32 heavy (non-hydrogen) atoms. The molecule has 0 radical (unpaired) electrons. The van der Waals surface area contributed by atoms with E-state index in [9.17, 15) is 14.0 Å². The Morgan fingerprint density at radius 3 is 2.84 bits per heavy atom. The zero-order valence-corrected chi connectivity index (χ0v) is 17.2. The monoisotopic (exact) mass is 436 g/mol. The highest BCUT2D eigenvalue weighted by molar-refractivity contribution is 5.79. The van der Waals surface area contributed by atoms with Crippen LogP contribution in [0.1, 0.15) is 18.7 Å². The number of para-hydroxylation sites is 2. The smallest absolute Gasteiger partial charge is 0.408 e. The standard InChI is InChI=1S/C23H21FN4O4/c24-17-8-2-1-7-16(17)22-25-20(32-26-22)12-15-6-5-11-27(13-15)21(29)14-28-18-9-3-4-10-19(18)31-23(28)30/h1-4,7-10,15H,5-6,11-14H2. The van der Waals surface area contributed by atoms with E-state index in [-0.39, 0.29) is 24.2 Å². The lowest BCUT2D eigenvalue weighted by atomic mass is 9.94. The summed E-state index contributed by atoms with van der Waals surface area (Å²) in [7, 11) is 0. The fourth-order valence-corrected chi connectivity index (χ4v) is 4.19. The van der Waals surface area contributed by atoms with Gasteiger partial charge in [0, 0.05) is 19.5 Å². The summed E-state index contributed by atoms with van der Waals surface area (Å²) >= 11 is 0. The van der Waals surface area contributed by atoms with Crippen LogP contribution in [0.15, 0.2) is 62.3 Å². The van der Waals surface area contributed by atoms with Crippen LogP contribution in [0.5, 0.6) is 0 Å². The van der Waals surface area contributed by atoms with Crippen molar-refractivity contribution < 1.29 is 18.1 Å². The summed E-state index contributed by atoms with van der Waals surface area (Å²) < 4.78 is 25.9. The number of halogens is 1. The zero-order valence-electron chi connectivity index (χ0n) is 17.2. The van der Waals surface area contributed by atoms with Crippen LogP contribution < -0.4 is 5.76 Å². The van der Waals surface area contributed by atoms with Gasteiger partial charge in [0.1, 0.15) is 12.4 Å². The van der Waals surface area contributed by atoms with Gasteiger partial charge in [-0.05, 0) is 43.0 Å². The average Bonchev–Trinajstić information content (AvgIpc) is 3.38. The molecule has 0 spiro atoms. The Bertz CT molecular complexity index is 1320. The first-order valence-electron chi connectivity index (χ1n) is 10.5. The lowest BCUT2D eigenvalue weighted by Crippen LogP contribution is -2.42. The normalized spacial score (nSPS) is 16.5. The largest absolute Gasteiger partial charge is 0.420 e. The fraction of sp³-hybridized carbons (Fsp3) is 0.304. The predicted octanol–water partition coefficient (Wildman–Crippen LogP) is 3.26. The molecule has 1 unspecified atom stereocenters.